The molecule has 4 nitrogen and oxygen atoms in total. The minimum atomic E-state index is -0.761. The molecule has 0 radical (unpaired) electrons. The van der Waals surface area contributed by atoms with Gasteiger partial charge in [-0.25, -0.2) is 0 Å². The monoisotopic (exact) mass is 258 g/mol. The first-order chi connectivity index (χ1) is 6.48. The number of hydrogen-bond donors (Lipinski definition) is 0. The van der Waals surface area contributed by atoms with Crippen molar-refractivity contribution in [2.75, 3.05) is 7.11 Å². The van der Waals surface area contributed by atoms with Gasteiger partial charge in [0.2, 0.25) is 0 Å². The molecular weight excluding hydrogens is 248 g/mol. The van der Waals surface area contributed by atoms with E-state index in [4.69, 9.17) is 0 Å². The van der Waals surface area contributed by atoms with Crippen LogP contribution in [0.1, 0.15) is 19.5 Å². The number of carbonyl (C=O) groups excluding carboxylic acids is 1. The molecule has 0 amide bonds. The van der Waals surface area contributed by atoms with Crippen molar-refractivity contribution in [3.8, 4) is 0 Å². The van der Waals surface area contributed by atoms with Crippen molar-refractivity contribution in [3.63, 3.8) is 0 Å². The van der Waals surface area contributed by atoms with Crippen LogP contribution in [0.25, 0.3) is 0 Å². The average molecular weight is 259 g/mol. The highest BCUT2D eigenvalue weighted by Crippen LogP contribution is 2.22. The molecule has 0 atom stereocenters. The van der Waals surface area contributed by atoms with Crippen molar-refractivity contribution >= 4 is 21.9 Å². The minimum Gasteiger partial charge on any atom is -0.468 e. The van der Waals surface area contributed by atoms with E-state index in [9.17, 15) is 4.79 Å². The molecule has 0 spiro atoms. The Bertz CT molecular complexity index is 335. The minimum absolute atomic E-state index is 0.325. The lowest BCUT2D eigenvalue weighted by molar-refractivity contribution is -0.146. The average Bonchev–Trinajstić information content (AvgIpc) is 2.17. The Labute approximate surface area is 90.8 Å². The molecule has 76 valence electrons. The first-order valence-corrected chi connectivity index (χ1v) is 4.86. The van der Waals surface area contributed by atoms with E-state index in [0.29, 0.717) is 10.3 Å². The fourth-order valence-electron chi connectivity index (χ4n) is 1.01. The molecule has 1 aromatic heterocycles. The first-order valence-electron chi connectivity index (χ1n) is 4.06. The third-order valence-corrected chi connectivity index (χ3v) is 2.39. The lowest BCUT2D eigenvalue weighted by atomic mass is 9.89. The van der Waals surface area contributed by atoms with Gasteiger partial charge < -0.3 is 4.74 Å². The molecule has 0 bridgehead atoms. The molecule has 1 rings (SSSR count). The van der Waals surface area contributed by atoms with Crippen LogP contribution in [0.5, 0.6) is 0 Å². The number of carbonyl (C=O) groups is 1. The second kappa shape index (κ2) is 4.04. The zero-order valence-electron chi connectivity index (χ0n) is 8.24. The van der Waals surface area contributed by atoms with Crippen LogP contribution in [0.3, 0.4) is 0 Å². The van der Waals surface area contributed by atoms with Crippen LogP contribution in [-0.2, 0) is 14.9 Å². The summed E-state index contributed by atoms with van der Waals surface area (Å²) in [5.74, 6) is -0.325. The molecule has 0 saturated carbocycles. The van der Waals surface area contributed by atoms with E-state index in [1.807, 2.05) is 0 Å². The number of hydrogen-bond acceptors (Lipinski definition) is 4. The Hall–Kier alpha value is -0.970. The van der Waals surface area contributed by atoms with Crippen molar-refractivity contribution in [1.82, 2.24) is 10.2 Å². The van der Waals surface area contributed by atoms with Crippen LogP contribution >= 0.6 is 15.9 Å². The number of halogens is 1. The summed E-state index contributed by atoms with van der Waals surface area (Å²) in [6.07, 6.45) is 0. The Kier molecular flexibility index (Phi) is 3.21. The van der Waals surface area contributed by atoms with Crippen LogP contribution in [0.2, 0.25) is 0 Å². The molecule has 0 fully saturated rings. The molecule has 0 saturated heterocycles. The normalized spacial score (nSPS) is 11.1. The van der Waals surface area contributed by atoms with Crippen LogP contribution in [0, 0.1) is 0 Å². The topological polar surface area (TPSA) is 52.1 Å². The highest BCUT2D eigenvalue weighted by molar-refractivity contribution is 9.10. The summed E-state index contributed by atoms with van der Waals surface area (Å²) in [7, 11) is 1.36. The van der Waals surface area contributed by atoms with E-state index in [-0.39, 0.29) is 5.97 Å². The molecule has 5 heteroatoms. The SMILES string of the molecule is COC(=O)C(C)(C)c1ccc(Br)nn1. The molecule has 0 aliphatic carbocycles. The van der Waals surface area contributed by atoms with E-state index < -0.39 is 5.41 Å². The lowest BCUT2D eigenvalue weighted by Gasteiger charge is -2.19. The molecule has 1 aromatic rings. The van der Waals surface area contributed by atoms with Crippen LogP contribution in [-0.4, -0.2) is 23.3 Å². The van der Waals surface area contributed by atoms with Gasteiger partial charge in [-0.1, -0.05) is 0 Å². The van der Waals surface area contributed by atoms with E-state index >= 15 is 0 Å². The van der Waals surface area contributed by atoms with Gasteiger partial charge in [-0.15, -0.1) is 5.10 Å². The second-order valence-electron chi connectivity index (χ2n) is 3.36. The van der Waals surface area contributed by atoms with Gasteiger partial charge in [0.25, 0.3) is 0 Å². The third-order valence-electron chi connectivity index (χ3n) is 1.97. The van der Waals surface area contributed by atoms with Gasteiger partial charge in [-0.2, -0.15) is 5.10 Å². The summed E-state index contributed by atoms with van der Waals surface area (Å²) >= 11 is 3.18. The maximum Gasteiger partial charge on any atom is 0.317 e. The number of ether oxygens (including phenoxy) is 1. The maximum absolute atomic E-state index is 11.4. The second-order valence-corrected chi connectivity index (χ2v) is 4.17. The maximum atomic E-state index is 11.4. The standard InChI is InChI=1S/C9H11BrN2O2/c1-9(2,8(13)14-3)6-4-5-7(10)12-11-6/h4-5H,1-3H3. The largest absolute Gasteiger partial charge is 0.468 e. The Balaban J connectivity index is 3.03. The van der Waals surface area contributed by atoms with Crippen LogP contribution < -0.4 is 0 Å². The van der Waals surface area contributed by atoms with Crippen molar-refractivity contribution in [3.05, 3.63) is 22.4 Å². The summed E-state index contributed by atoms with van der Waals surface area (Å²) in [5.41, 5.74) is -0.171. The molecular formula is C9H11BrN2O2. The highest BCUT2D eigenvalue weighted by Gasteiger charge is 2.32. The number of esters is 1. The molecule has 0 unspecified atom stereocenters. The fraction of sp³-hybridized carbons (Fsp3) is 0.444. The summed E-state index contributed by atoms with van der Waals surface area (Å²) in [5, 5.41) is 7.74. The number of methoxy groups -OCH3 is 1. The van der Waals surface area contributed by atoms with Gasteiger partial charge in [0.1, 0.15) is 10.0 Å². The van der Waals surface area contributed by atoms with Gasteiger partial charge in [-0.05, 0) is 41.9 Å². The molecule has 0 aliphatic rings. The lowest BCUT2D eigenvalue weighted by Crippen LogP contribution is -2.31. The van der Waals surface area contributed by atoms with E-state index in [1.165, 1.54) is 7.11 Å². The fourth-order valence-corrected chi connectivity index (χ4v) is 1.22. The predicted molar refractivity (Wildman–Crippen MR) is 54.8 cm³/mol. The van der Waals surface area contributed by atoms with Crippen molar-refractivity contribution in [2.45, 2.75) is 19.3 Å². The summed E-state index contributed by atoms with van der Waals surface area (Å²) < 4.78 is 5.32. The van der Waals surface area contributed by atoms with Gasteiger partial charge in [0.05, 0.1) is 12.8 Å². The van der Waals surface area contributed by atoms with Gasteiger partial charge in [0.15, 0.2) is 0 Å². The van der Waals surface area contributed by atoms with E-state index in [1.54, 1.807) is 26.0 Å². The van der Waals surface area contributed by atoms with Crippen molar-refractivity contribution in [1.29, 1.82) is 0 Å². The summed E-state index contributed by atoms with van der Waals surface area (Å²) in [6.45, 7) is 3.49. The van der Waals surface area contributed by atoms with E-state index in [0.717, 1.165) is 0 Å². The molecule has 0 aromatic carbocycles. The Morgan fingerprint density at radius 2 is 2.07 bits per heavy atom. The van der Waals surface area contributed by atoms with Gasteiger partial charge in [-0.3, -0.25) is 4.79 Å². The number of aromatic nitrogens is 2. The summed E-state index contributed by atoms with van der Waals surface area (Å²) in [6, 6.07) is 3.49. The summed E-state index contributed by atoms with van der Waals surface area (Å²) in [4.78, 5) is 11.4. The number of nitrogens with zero attached hydrogens (tertiary/aromatic N) is 2. The van der Waals surface area contributed by atoms with Gasteiger partial charge in [0, 0.05) is 0 Å². The van der Waals surface area contributed by atoms with Gasteiger partial charge >= 0.3 is 5.97 Å². The van der Waals surface area contributed by atoms with Crippen molar-refractivity contribution in [2.24, 2.45) is 0 Å². The number of rotatable bonds is 2. The molecule has 1 heterocycles. The van der Waals surface area contributed by atoms with Crippen LogP contribution in [0.4, 0.5) is 0 Å². The quantitative estimate of drug-likeness (QED) is 0.758. The predicted octanol–water partition coefficient (Wildman–Crippen LogP) is 1.69. The smallest absolute Gasteiger partial charge is 0.317 e. The first kappa shape index (κ1) is 11.1. The molecule has 0 N–H and O–H groups in total. The Morgan fingerprint density at radius 3 is 2.50 bits per heavy atom. The van der Waals surface area contributed by atoms with E-state index in [2.05, 4.69) is 30.9 Å². The van der Waals surface area contributed by atoms with Crippen LogP contribution in [0.15, 0.2) is 16.7 Å². The Morgan fingerprint density at radius 1 is 1.43 bits per heavy atom. The third kappa shape index (κ3) is 2.09. The molecule has 0 aliphatic heterocycles. The zero-order valence-corrected chi connectivity index (χ0v) is 9.83. The highest BCUT2D eigenvalue weighted by atomic mass is 79.9. The molecule has 14 heavy (non-hydrogen) atoms. The zero-order chi connectivity index (χ0) is 10.8. The van der Waals surface area contributed by atoms with Crippen molar-refractivity contribution < 1.29 is 9.53 Å².